The van der Waals surface area contributed by atoms with Gasteiger partial charge in [-0.25, -0.2) is 12.7 Å². The van der Waals surface area contributed by atoms with E-state index in [0.29, 0.717) is 27.8 Å². The first kappa shape index (κ1) is 18.4. The summed E-state index contributed by atoms with van der Waals surface area (Å²) in [5.41, 5.74) is 0. The lowest BCUT2D eigenvalue weighted by molar-refractivity contribution is 0.488. The van der Waals surface area contributed by atoms with E-state index in [2.05, 4.69) is 35.1 Å². The average molecular weight is 401 g/mol. The molecule has 0 aliphatic carbocycles. The van der Waals surface area contributed by atoms with Gasteiger partial charge in [0.1, 0.15) is 4.90 Å². The van der Waals surface area contributed by atoms with Crippen molar-refractivity contribution in [2.24, 2.45) is 0 Å². The average Bonchev–Trinajstić information content (AvgIpc) is 2.75. The highest BCUT2D eigenvalue weighted by molar-refractivity contribution is 9.11. The number of halogens is 1. The van der Waals surface area contributed by atoms with E-state index < -0.39 is 10.0 Å². The molecule has 0 atom stereocenters. The molecule has 0 unspecified atom stereocenters. The van der Waals surface area contributed by atoms with Crippen LogP contribution < -0.4 is 5.32 Å². The number of hydrogen-bond donors (Lipinski definition) is 1. The lowest BCUT2D eigenvalue weighted by atomic mass is 10.4. The summed E-state index contributed by atoms with van der Waals surface area (Å²) < 4.78 is 27.1. The van der Waals surface area contributed by atoms with Crippen LogP contribution in [-0.2, 0) is 16.6 Å². The Morgan fingerprint density at radius 2 is 2.15 bits per heavy atom. The maximum absolute atomic E-state index is 12.5. The highest BCUT2D eigenvalue weighted by Gasteiger charge is 2.25. The standard InChI is InChI=1S/C12H21BrN2O2S3/c1-9(2)14-8-10-7-11(12(13)19-10)20(16,17)15(3)5-6-18-4/h7,9,14H,5-6,8H2,1-4H3. The normalized spacial score (nSPS) is 12.6. The van der Waals surface area contributed by atoms with Crippen molar-refractivity contribution in [3.63, 3.8) is 0 Å². The zero-order valence-electron chi connectivity index (χ0n) is 12.1. The lowest BCUT2D eigenvalue weighted by Gasteiger charge is -2.15. The van der Waals surface area contributed by atoms with Gasteiger partial charge in [-0.2, -0.15) is 11.8 Å². The summed E-state index contributed by atoms with van der Waals surface area (Å²) in [5, 5.41) is 3.30. The van der Waals surface area contributed by atoms with Crippen LogP contribution in [0.15, 0.2) is 14.7 Å². The summed E-state index contributed by atoms with van der Waals surface area (Å²) in [6, 6.07) is 2.13. The Kier molecular flexibility index (Phi) is 7.51. The van der Waals surface area contributed by atoms with E-state index in [0.717, 1.165) is 10.6 Å². The molecule has 0 spiro atoms. The Labute approximate surface area is 138 Å². The molecular weight excluding hydrogens is 380 g/mol. The predicted octanol–water partition coefficient (Wildman–Crippen LogP) is 2.99. The van der Waals surface area contributed by atoms with Crippen LogP contribution >= 0.6 is 39.0 Å². The minimum absolute atomic E-state index is 0.367. The maximum Gasteiger partial charge on any atom is 0.244 e. The van der Waals surface area contributed by atoms with Crippen LogP contribution in [-0.4, -0.2) is 44.4 Å². The van der Waals surface area contributed by atoms with Gasteiger partial charge in [0.15, 0.2) is 0 Å². The van der Waals surface area contributed by atoms with Gasteiger partial charge in [0, 0.05) is 36.8 Å². The Hall–Kier alpha value is 0.400. The number of rotatable bonds is 8. The van der Waals surface area contributed by atoms with Gasteiger partial charge in [-0.1, -0.05) is 13.8 Å². The van der Waals surface area contributed by atoms with E-state index in [1.54, 1.807) is 24.9 Å². The van der Waals surface area contributed by atoms with E-state index in [1.807, 2.05) is 6.26 Å². The Balaban J connectivity index is 2.89. The van der Waals surface area contributed by atoms with Crippen LogP contribution in [0.5, 0.6) is 0 Å². The smallest absolute Gasteiger partial charge is 0.244 e. The van der Waals surface area contributed by atoms with Crippen LogP contribution in [0, 0.1) is 0 Å². The van der Waals surface area contributed by atoms with E-state index >= 15 is 0 Å². The molecule has 0 amide bonds. The third-order valence-electron chi connectivity index (χ3n) is 2.69. The van der Waals surface area contributed by atoms with Crippen molar-refractivity contribution in [1.29, 1.82) is 0 Å². The van der Waals surface area contributed by atoms with Crippen molar-refractivity contribution in [2.45, 2.75) is 31.3 Å². The molecule has 0 bridgehead atoms. The number of nitrogens with one attached hydrogen (secondary N) is 1. The molecule has 0 aromatic carbocycles. The summed E-state index contributed by atoms with van der Waals surface area (Å²) in [6.45, 7) is 5.34. The minimum atomic E-state index is -3.40. The summed E-state index contributed by atoms with van der Waals surface area (Å²) in [4.78, 5) is 1.38. The number of thiophene rings is 1. The molecule has 0 saturated heterocycles. The molecule has 0 saturated carbocycles. The zero-order chi connectivity index (χ0) is 15.3. The van der Waals surface area contributed by atoms with Crippen molar-refractivity contribution in [1.82, 2.24) is 9.62 Å². The van der Waals surface area contributed by atoms with Crippen molar-refractivity contribution in [3.8, 4) is 0 Å². The Morgan fingerprint density at radius 3 is 2.70 bits per heavy atom. The molecule has 0 aliphatic heterocycles. The van der Waals surface area contributed by atoms with Crippen LogP contribution in [0.25, 0.3) is 0 Å². The van der Waals surface area contributed by atoms with Crippen LogP contribution in [0.1, 0.15) is 18.7 Å². The number of sulfonamides is 1. The highest BCUT2D eigenvalue weighted by Crippen LogP contribution is 2.33. The minimum Gasteiger partial charge on any atom is -0.310 e. The van der Waals surface area contributed by atoms with Gasteiger partial charge in [-0.3, -0.25) is 0 Å². The summed E-state index contributed by atoms with van der Waals surface area (Å²) in [5.74, 6) is 0.791. The third-order valence-corrected chi connectivity index (χ3v) is 7.39. The molecule has 0 aliphatic rings. The van der Waals surface area contributed by atoms with Crippen molar-refractivity contribution in [2.75, 3.05) is 25.6 Å². The van der Waals surface area contributed by atoms with Gasteiger partial charge in [-0.05, 0) is 28.3 Å². The van der Waals surface area contributed by atoms with Crippen LogP contribution in [0.4, 0.5) is 0 Å². The van der Waals surface area contributed by atoms with Crippen molar-refractivity contribution >= 4 is 49.1 Å². The summed E-state index contributed by atoms with van der Waals surface area (Å²) in [6.07, 6.45) is 1.97. The van der Waals surface area contributed by atoms with E-state index in [9.17, 15) is 8.42 Å². The largest absolute Gasteiger partial charge is 0.310 e. The summed E-state index contributed by atoms with van der Waals surface area (Å²) >= 11 is 6.48. The maximum atomic E-state index is 12.5. The fourth-order valence-corrected chi connectivity index (χ4v) is 5.80. The van der Waals surface area contributed by atoms with Gasteiger partial charge in [0.05, 0.1) is 3.79 Å². The van der Waals surface area contributed by atoms with Crippen molar-refractivity contribution < 1.29 is 8.42 Å². The monoisotopic (exact) mass is 400 g/mol. The molecule has 0 fully saturated rings. The van der Waals surface area contributed by atoms with E-state index in [-0.39, 0.29) is 0 Å². The molecule has 4 nitrogen and oxygen atoms in total. The summed E-state index contributed by atoms with van der Waals surface area (Å²) in [7, 11) is -1.78. The van der Waals surface area contributed by atoms with Gasteiger partial charge in [0.2, 0.25) is 10.0 Å². The molecule has 1 aromatic heterocycles. The second-order valence-electron chi connectivity index (χ2n) is 4.71. The second-order valence-corrected chi connectivity index (χ2v) is 10.2. The topological polar surface area (TPSA) is 49.4 Å². The molecule has 1 heterocycles. The Bertz CT molecular complexity index is 529. The number of nitrogens with zero attached hydrogens (tertiary/aromatic N) is 1. The van der Waals surface area contributed by atoms with Crippen LogP contribution in [0.3, 0.4) is 0 Å². The van der Waals surface area contributed by atoms with Crippen molar-refractivity contribution in [3.05, 3.63) is 14.7 Å². The lowest BCUT2D eigenvalue weighted by Crippen LogP contribution is -2.29. The number of thioether (sulfide) groups is 1. The fourth-order valence-electron chi connectivity index (χ4n) is 1.47. The van der Waals surface area contributed by atoms with E-state index in [4.69, 9.17) is 0 Å². The quantitative estimate of drug-likeness (QED) is 0.728. The number of hydrogen-bond acceptors (Lipinski definition) is 5. The molecule has 0 radical (unpaired) electrons. The molecular formula is C12H21BrN2O2S3. The SMILES string of the molecule is CSCCN(C)S(=O)(=O)c1cc(CNC(C)C)sc1Br. The third kappa shape index (κ3) is 4.99. The molecule has 20 heavy (non-hydrogen) atoms. The fraction of sp³-hybridized carbons (Fsp3) is 0.667. The molecule has 8 heteroatoms. The predicted molar refractivity (Wildman–Crippen MR) is 92.2 cm³/mol. The molecule has 1 N–H and O–H groups in total. The molecule has 1 aromatic rings. The second kappa shape index (κ2) is 8.14. The highest BCUT2D eigenvalue weighted by atomic mass is 79.9. The van der Waals surface area contributed by atoms with Gasteiger partial charge >= 0.3 is 0 Å². The van der Waals surface area contributed by atoms with Gasteiger partial charge in [-0.15, -0.1) is 11.3 Å². The Morgan fingerprint density at radius 1 is 1.50 bits per heavy atom. The van der Waals surface area contributed by atoms with Gasteiger partial charge < -0.3 is 5.32 Å². The first-order valence-electron chi connectivity index (χ1n) is 6.26. The van der Waals surface area contributed by atoms with Gasteiger partial charge in [0.25, 0.3) is 0 Å². The van der Waals surface area contributed by atoms with E-state index in [1.165, 1.54) is 15.6 Å². The molecule has 116 valence electrons. The zero-order valence-corrected chi connectivity index (χ0v) is 16.2. The first-order chi connectivity index (χ1) is 9.28. The first-order valence-corrected chi connectivity index (χ1v) is 10.7. The van der Waals surface area contributed by atoms with Crippen LogP contribution in [0.2, 0.25) is 0 Å². The molecule has 1 rings (SSSR count).